The van der Waals surface area contributed by atoms with Crippen LogP contribution in [0.3, 0.4) is 0 Å². The number of aliphatic carboxylic acids is 1. The van der Waals surface area contributed by atoms with Crippen molar-refractivity contribution in [1.29, 1.82) is 0 Å². The second-order valence-corrected chi connectivity index (χ2v) is 6.90. The van der Waals surface area contributed by atoms with Gasteiger partial charge in [-0.05, 0) is 40.8 Å². The number of aryl methyl sites for hydroxylation is 1. The van der Waals surface area contributed by atoms with Crippen LogP contribution < -0.4 is 0 Å². The van der Waals surface area contributed by atoms with Crippen molar-refractivity contribution < 1.29 is 19.8 Å². The number of nitrogens with zero attached hydrogens (tertiary/aromatic N) is 3. The van der Waals surface area contributed by atoms with E-state index in [4.69, 9.17) is 5.11 Å². The predicted octanol–water partition coefficient (Wildman–Crippen LogP) is 0.888. The lowest BCUT2D eigenvalue weighted by molar-refractivity contribution is -0.138. The maximum absolute atomic E-state index is 12.9. The van der Waals surface area contributed by atoms with Gasteiger partial charge in [-0.25, -0.2) is 0 Å². The number of likely N-dealkylation sites (tertiary alicyclic amines) is 1. The van der Waals surface area contributed by atoms with E-state index in [1.165, 1.54) is 0 Å². The molecule has 24 heavy (non-hydrogen) atoms. The van der Waals surface area contributed by atoms with Gasteiger partial charge in [-0.2, -0.15) is 0 Å². The minimum atomic E-state index is -0.949. The van der Waals surface area contributed by atoms with Gasteiger partial charge in [0, 0.05) is 30.5 Å². The smallest absolute Gasteiger partial charge is 0.317 e. The summed E-state index contributed by atoms with van der Waals surface area (Å²) in [7, 11) is 1.65. The molecular formula is C17H27N3O4. The largest absolute Gasteiger partial charge is 0.480 e. The van der Waals surface area contributed by atoms with Crippen molar-refractivity contribution in [3.05, 3.63) is 23.0 Å². The molecule has 7 heteroatoms. The molecule has 1 saturated heterocycles. The summed E-state index contributed by atoms with van der Waals surface area (Å²) in [6, 6.07) is 1.79. The number of carboxylic acids is 1. The Hall–Kier alpha value is -1.86. The number of carbonyl (C=O) groups is 2. The second-order valence-electron chi connectivity index (χ2n) is 6.90. The fraction of sp³-hybridized carbons (Fsp3) is 0.647. The summed E-state index contributed by atoms with van der Waals surface area (Å²) in [5.74, 6) is -1.06. The van der Waals surface area contributed by atoms with Gasteiger partial charge < -0.3 is 19.7 Å². The van der Waals surface area contributed by atoms with Crippen LogP contribution in [-0.4, -0.2) is 75.3 Å². The Balaban J connectivity index is 2.17. The molecule has 0 aromatic carbocycles. The first kappa shape index (κ1) is 18.5. The summed E-state index contributed by atoms with van der Waals surface area (Å²) in [6.07, 6.45) is -0.744. The number of hydrogen-bond acceptors (Lipinski definition) is 4. The van der Waals surface area contributed by atoms with E-state index in [1.54, 1.807) is 16.8 Å². The van der Waals surface area contributed by atoms with Gasteiger partial charge in [-0.1, -0.05) is 0 Å². The van der Waals surface area contributed by atoms with Crippen molar-refractivity contribution in [2.75, 3.05) is 26.7 Å². The number of likely N-dealkylation sites (N-methyl/N-ethyl adjacent to an activating group) is 1. The minimum Gasteiger partial charge on any atom is -0.480 e. The fourth-order valence-electron chi connectivity index (χ4n) is 3.66. The van der Waals surface area contributed by atoms with E-state index in [0.717, 1.165) is 11.4 Å². The van der Waals surface area contributed by atoms with E-state index in [0.29, 0.717) is 12.1 Å². The molecule has 0 aliphatic carbocycles. The normalized spacial score (nSPS) is 21.1. The number of carboxylic acid groups (broad SMARTS) is 1. The molecule has 2 rings (SSSR count). The number of aliphatic hydroxyl groups is 1. The minimum absolute atomic E-state index is 0.111. The molecule has 1 amide bonds. The predicted molar refractivity (Wildman–Crippen MR) is 90.3 cm³/mol. The lowest BCUT2D eigenvalue weighted by atomic mass is 10.2. The Labute approximate surface area is 142 Å². The average molecular weight is 337 g/mol. The summed E-state index contributed by atoms with van der Waals surface area (Å²) < 4.78 is 2.12. The van der Waals surface area contributed by atoms with Crippen molar-refractivity contribution in [3.8, 4) is 0 Å². The van der Waals surface area contributed by atoms with Crippen LogP contribution in [0.15, 0.2) is 6.07 Å². The highest BCUT2D eigenvalue weighted by molar-refractivity contribution is 5.96. The van der Waals surface area contributed by atoms with Crippen LogP contribution in [-0.2, 0) is 4.79 Å². The highest BCUT2D eigenvalue weighted by Crippen LogP contribution is 2.24. The van der Waals surface area contributed by atoms with Crippen LogP contribution in [0.5, 0.6) is 0 Å². The highest BCUT2D eigenvalue weighted by atomic mass is 16.4. The van der Waals surface area contributed by atoms with Gasteiger partial charge in [-0.15, -0.1) is 0 Å². The first-order valence-electron chi connectivity index (χ1n) is 8.21. The zero-order valence-corrected chi connectivity index (χ0v) is 15.0. The molecule has 0 bridgehead atoms. The van der Waals surface area contributed by atoms with E-state index in [2.05, 4.69) is 18.4 Å². The molecule has 0 radical (unpaired) electrons. The van der Waals surface area contributed by atoms with Gasteiger partial charge in [0.15, 0.2) is 0 Å². The van der Waals surface area contributed by atoms with Gasteiger partial charge in [0.2, 0.25) is 0 Å². The molecule has 1 aliphatic rings. The Kier molecular flexibility index (Phi) is 5.35. The first-order valence-corrected chi connectivity index (χ1v) is 8.21. The third-order valence-corrected chi connectivity index (χ3v) is 4.73. The maximum atomic E-state index is 12.9. The Bertz CT molecular complexity index is 638. The molecule has 2 heterocycles. The number of aromatic nitrogens is 1. The monoisotopic (exact) mass is 337 g/mol. The highest BCUT2D eigenvalue weighted by Gasteiger charge is 2.38. The molecule has 7 nitrogen and oxygen atoms in total. The zero-order chi connectivity index (χ0) is 18.2. The zero-order valence-electron chi connectivity index (χ0n) is 15.0. The molecule has 134 valence electrons. The number of carbonyl (C=O) groups excluding carboxylic acids is 1. The van der Waals surface area contributed by atoms with Crippen LogP contribution in [0.1, 0.15) is 41.6 Å². The van der Waals surface area contributed by atoms with E-state index < -0.39 is 12.1 Å². The SMILES string of the molecule is Cc1cc(C(=O)N2CC(N(C)CC(=O)O)[C@H](O)C2)c(C)n1C(C)C. The summed E-state index contributed by atoms with van der Waals surface area (Å²) in [5, 5.41) is 19.1. The van der Waals surface area contributed by atoms with Crippen molar-refractivity contribution in [2.24, 2.45) is 0 Å². The van der Waals surface area contributed by atoms with Gasteiger partial charge in [0.05, 0.1) is 24.3 Å². The number of β-amino-alcohol motifs (C(OH)–C–C–N with tert-alkyl or cyclic N) is 1. The van der Waals surface area contributed by atoms with E-state index in [9.17, 15) is 14.7 Å². The molecule has 1 aromatic heterocycles. The quantitative estimate of drug-likeness (QED) is 0.833. The molecule has 2 atom stereocenters. The third kappa shape index (κ3) is 3.47. The summed E-state index contributed by atoms with van der Waals surface area (Å²) in [4.78, 5) is 26.9. The topological polar surface area (TPSA) is 86.0 Å². The second kappa shape index (κ2) is 6.94. The number of rotatable bonds is 5. The van der Waals surface area contributed by atoms with Crippen LogP contribution in [0.4, 0.5) is 0 Å². The molecule has 1 unspecified atom stereocenters. The first-order chi connectivity index (χ1) is 11.1. The van der Waals surface area contributed by atoms with Gasteiger partial charge in [0.25, 0.3) is 5.91 Å². The summed E-state index contributed by atoms with van der Waals surface area (Å²) >= 11 is 0. The van der Waals surface area contributed by atoms with E-state index in [-0.39, 0.29) is 31.1 Å². The molecule has 1 aliphatic heterocycles. The van der Waals surface area contributed by atoms with Crippen molar-refractivity contribution in [3.63, 3.8) is 0 Å². The van der Waals surface area contributed by atoms with Crippen LogP contribution in [0.2, 0.25) is 0 Å². The third-order valence-electron chi connectivity index (χ3n) is 4.73. The number of aliphatic hydroxyl groups excluding tert-OH is 1. The van der Waals surface area contributed by atoms with Crippen molar-refractivity contribution >= 4 is 11.9 Å². The van der Waals surface area contributed by atoms with Gasteiger partial charge in [-0.3, -0.25) is 14.5 Å². The molecule has 1 fully saturated rings. The van der Waals surface area contributed by atoms with Crippen LogP contribution >= 0.6 is 0 Å². The molecular weight excluding hydrogens is 310 g/mol. The lowest BCUT2D eigenvalue weighted by Crippen LogP contribution is -2.43. The van der Waals surface area contributed by atoms with Crippen LogP contribution in [0, 0.1) is 13.8 Å². The maximum Gasteiger partial charge on any atom is 0.317 e. The lowest BCUT2D eigenvalue weighted by Gasteiger charge is -2.24. The fourth-order valence-corrected chi connectivity index (χ4v) is 3.66. The van der Waals surface area contributed by atoms with Crippen LogP contribution in [0.25, 0.3) is 0 Å². The van der Waals surface area contributed by atoms with Crippen molar-refractivity contribution in [1.82, 2.24) is 14.4 Å². The molecule has 2 N–H and O–H groups in total. The Morgan fingerprint density at radius 1 is 1.33 bits per heavy atom. The Morgan fingerprint density at radius 3 is 2.46 bits per heavy atom. The van der Waals surface area contributed by atoms with E-state index >= 15 is 0 Å². The van der Waals surface area contributed by atoms with E-state index in [1.807, 2.05) is 19.9 Å². The Morgan fingerprint density at radius 2 is 1.96 bits per heavy atom. The summed E-state index contributed by atoms with van der Waals surface area (Å²) in [6.45, 7) is 8.45. The molecule has 0 spiro atoms. The van der Waals surface area contributed by atoms with Gasteiger partial charge >= 0.3 is 5.97 Å². The van der Waals surface area contributed by atoms with Crippen molar-refractivity contribution in [2.45, 2.75) is 45.9 Å². The standard InChI is InChI=1S/C17H27N3O4/c1-10(2)20-11(3)6-13(12(20)4)17(24)19-7-14(15(21)8-19)18(5)9-16(22)23/h6,10,14-15,21H,7-9H2,1-5H3,(H,22,23)/t14?,15-/m1/s1. The molecule has 0 saturated carbocycles. The summed E-state index contributed by atoms with van der Waals surface area (Å²) in [5.41, 5.74) is 2.60. The van der Waals surface area contributed by atoms with Gasteiger partial charge in [0.1, 0.15) is 0 Å². The average Bonchev–Trinajstić information content (AvgIpc) is 2.97. The molecule has 1 aromatic rings. The number of amides is 1. The number of hydrogen-bond donors (Lipinski definition) is 2.